The molecule has 4 N–H and O–H groups in total. The van der Waals surface area contributed by atoms with E-state index in [4.69, 9.17) is 5.73 Å². The lowest BCUT2D eigenvalue weighted by atomic mass is 9.94. The molecular weight excluding hydrogens is 313 g/mol. The van der Waals surface area contributed by atoms with Crippen molar-refractivity contribution >= 4 is 17.6 Å². The summed E-state index contributed by atoms with van der Waals surface area (Å²) in [6.45, 7) is 0.00914. The molecule has 1 aliphatic rings. The van der Waals surface area contributed by atoms with Crippen LogP contribution in [0.1, 0.15) is 30.1 Å². The topological polar surface area (TPSA) is 102 Å². The number of amides is 3. The van der Waals surface area contributed by atoms with Gasteiger partial charge in [0.25, 0.3) is 0 Å². The number of halogens is 1. The van der Waals surface area contributed by atoms with Crippen molar-refractivity contribution in [3.05, 3.63) is 47.5 Å². The Kier molecular flexibility index (Phi) is 4.45. The van der Waals surface area contributed by atoms with E-state index >= 15 is 0 Å². The SMILES string of the molecule is NC(=O)Cn1cc2c(n1)[C@@H](NC(=O)Nc1cccc(F)c1)CCC2. The van der Waals surface area contributed by atoms with Gasteiger partial charge in [-0.1, -0.05) is 6.07 Å². The lowest BCUT2D eigenvalue weighted by Crippen LogP contribution is -2.34. The lowest BCUT2D eigenvalue weighted by Gasteiger charge is -2.22. The van der Waals surface area contributed by atoms with Gasteiger partial charge in [-0.2, -0.15) is 5.10 Å². The third-order valence-electron chi connectivity index (χ3n) is 3.84. The molecule has 1 aliphatic carbocycles. The molecule has 3 amide bonds. The molecule has 0 aliphatic heterocycles. The average molecular weight is 331 g/mol. The van der Waals surface area contributed by atoms with E-state index < -0.39 is 17.8 Å². The Bertz CT molecular complexity index is 774. The first-order valence-corrected chi connectivity index (χ1v) is 7.69. The summed E-state index contributed by atoms with van der Waals surface area (Å²) >= 11 is 0. The quantitative estimate of drug-likeness (QED) is 0.794. The molecule has 1 aromatic carbocycles. The summed E-state index contributed by atoms with van der Waals surface area (Å²) in [6, 6.07) is 5.00. The van der Waals surface area contributed by atoms with Crippen molar-refractivity contribution in [1.82, 2.24) is 15.1 Å². The molecule has 8 heteroatoms. The Morgan fingerprint density at radius 3 is 3.00 bits per heavy atom. The van der Waals surface area contributed by atoms with Gasteiger partial charge in [0.1, 0.15) is 12.4 Å². The van der Waals surface area contributed by atoms with Gasteiger partial charge >= 0.3 is 6.03 Å². The number of hydrogen-bond acceptors (Lipinski definition) is 3. The standard InChI is InChI=1S/C16H18FN5O2/c17-11-4-2-5-12(7-11)19-16(24)20-13-6-1-3-10-8-22(9-14(18)23)21-15(10)13/h2,4-5,7-8,13H,1,3,6,9H2,(H2,18,23)(H2,19,20,24)/t13-/m0/s1. The number of rotatable bonds is 4. The Labute approximate surface area is 138 Å². The fourth-order valence-corrected chi connectivity index (χ4v) is 2.87. The number of anilines is 1. The van der Waals surface area contributed by atoms with E-state index in [1.807, 2.05) is 0 Å². The summed E-state index contributed by atoms with van der Waals surface area (Å²) in [6.07, 6.45) is 4.29. The molecule has 0 radical (unpaired) electrons. The van der Waals surface area contributed by atoms with Crippen LogP contribution in [-0.2, 0) is 17.8 Å². The van der Waals surface area contributed by atoms with Crippen LogP contribution in [0.25, 0.3) is 0 Å². The fourth-order valence-electron chi connectivity index (χ4n) is 2.87. The molecule has 1 heterocycles. The summed E-state index contributed by atoms with van der Waals surface area (Å²) in [5.74, 6) is -0.888. The van der Waals surface area contributed by atoms with Gasteiger partial charge in [-0.15, -0.1) is 0 Å². The third-order valence-corrected chi connectivity index (χ3v) is 3.84. The predicted octanol–water partition coefficient (Wildman–Crippen LogP) is 1.71. The summed E-state index contributed by atoms with van der Waals surface area (Å²) in [4.78, 5) is 23.2. The first-order valence-electron chi connectivity index (χ1n) is 7.69. The van der Waals surface area contributed by atoms with E-state index in [1.165, 1.54) is 22.9 Å². The van der Waals surface area contributed by atoms with E-state index in [9.17, 15) is 14.0 Å². The van der Waals surface area contributed by atoms with Gasteiger partial charge in [0, 0.05) is 11.9 Å². The van der Waals surface area contributed by atoms with Gasteiger partial charge in [-0.3, -0.25) is 9.48 Å². The number of hydrogen-bond donors (Lipinski definition) is 3. The Balaban J connectivity index is 1.69. The number of nitrogens with two attached hydrogens (primary N) is 1. The van der Waals surface area contributed by atoms with Gasteiger partial charge in [0.15, 0.2) is 0 Å². The van der Waals surface area contributed by atoms with Gasteiger partial charge in [0.2, 0.25) is 5.91 Å². The number of nitrogens with zero attached hydrogens (tertiary/aromatic N) is 2. The van der Waals surface area contributed by atoms with Crippen LogP contribution in [0.2, 0.25) is 0 Å². The summed E-state index contributed by atoms with van der Waals surface area (Å²) in [5.41, 5.74) is 7.31. The number of carbonyl (C=O) groups excluding carboxylic acids is 2. The minimum absolute atomic E-state index is 0.00914. The van der Waals surface area contributed by atoms with E-state index in [1.54, 1.807) is 12.3 Å². The number of benzene rings is 1. The maximum Gasteiger partial charge on any atom is 0.319 e. The zero-order chi connectivity index (χ0) is 17.1. The fraction of sp³-hybridized carbons (Fsp3) is 0.312. The molecule has 126 valence electrons. The number of primary amides is 1. The van der Waals surface area contributed by atoms with Crippen molar-refractivity contribution in [2.75, 3.05) is 5.32 Å². The number of aromatic nitrogens is 2. The number of carbonyl (C=O) groups is 2. The minimum atomic E-state index is -0.469. The predicted molar refractivity (Wildman–Crippen MR) is 85.7 cm³/mol. The van der Waals surface area contributed by atoms with Crippen LogP contribution in [0.3, 0.4) is 0 Å². The van der Waals surface area contributed by atoms with E-state index in [-0.39, 0.29) is 12.6 Å². The largest absolute Gasteiger partial charge is 0.368 e. The van der Waals surface area contributed by atoms with E-state index in [2.05, 4.69) is 15.7 Å². The van der Waals surface area contributed by atoms with Crippen molar-refractivity contribution in [1.29, 1.82) is 0 Å². The summed E-state index contributed by atoms with van der Waals surface area (Å²) in [5, 5.41) is 9.81. The first kappa shape index (κ1) is 16.0. The van der Waals surface area contributed by atoms with Crippen LogP contribution in [0, 0.1) is 5.82 Å². The van der Waals surface area contributed by atoms with Crippen LogP contribution in [0.5, 0.6) is 0 Å². The van der Waals surface area contributed by atoms with E-state index in [0.717, 1.165) is 30.5 Å². The Hall–Kier alpha value is -2.90. The minimum Gasteiger partial charge on any atom is -0.368 e. The van der Waals surface area contributed by atoms with Crippen LogP contribution < -0.4 is 16.4 Å². The summed E-state index contributed by atoms with van der Waals surface area (Å²) in [7, 11) is 0. The van der Waals surface area contributed by atoms with Gasteiger partial charge in [0.05, 0.1) is 11.7 Å². The molecule has 0 spiro atoms. The van der Waals surface area contributed by atoms with Crippen LogP contribution in [0.4, 0.5) is 14.9 Å². The molecule has 24 heavy (non-hydrogen) atoms. The Morgan fingerprint density at radius 1 is 1.42 bits per heavy atom. The second-order valence-electron chi connectivity index (χ2n) is 5.76. The highest BCUT2D eigenvalue weighted by atomic mass is 19.1. The molecule has 3 rings (SSSR count). The molecule has 7 nitrogen and oxygen atoms in total. The normalized spacial score (nSPS) is 16.3. The molecule has 1 atom stereocenters. The third kappa shape index (κ3) is 3.70. The maximum atomic E-state index is 13.2. The molecule has 0 saturated carbocycles. The first-order chi connectivity index (χ1) is 11.5. The van der Waals surface area contributed by atoms with Gasteiger partial charge in [-0.05, 0) is 43.0 Å². The zero-order valence-electron chi connectivity index (χ0n) is 13.0. The molecular formula is C16H18FN5O2. The van der Waals surface area contributed by atoms with Gasteiger partial charge in [-0.25, -0.2) is 9.18 Å². The smallest absolute Gasteiger partial charge is 0.319 e. The van der Waals surface area contributed by atoms with Crippen molar-refractivity contribution in [3.63, 3.8) is 0 Å². The number of aryl methyl sites for hydroxylation is 1. The zero-order valence-corrected chi connectivity index (χ0v) is 13.0. The van der Waals surface area contributed by atoms with E-state index in [0.29, 0.717) is 5.69 Å². The molecule has 0 bridgehead atoms. The molecule has 2 aromatic rings. The molecule has 0 unspecified atom stereocenters. The number of urea groups is 1. The monoisotopic (exact) mass is 331 g/mol. The number of fused-ring (bicyclic) bond motifs is 1. The van der Waals surface area contributed by atoms with Crippen molar-refractivity contribution in [3.8, 4) is 0 Å². The second-order valence-corrected chi connectivity index (χ2v) is 5.76. The average Bonchev–Trinajstić information content (AvgIpc) is 2.89. The molecule has 0 fully saturated rings. The van der Waals surface area contributed by atoms with Crippen molar-refractivity contribution < 1.29 is 14.0 Å². The highest BCUT2D eigenvalue weighted by Crippen LogP contribution is 2.28. The van der Waals surface area contributed by atoms with Gasteiger partial charge < -0.3 is 16.4 Å². The van der Waals surface area contributed by atoms with Crippen molar-refractivity contribution in [2.24, 2.45) is 5.73 Å². The van der Waals surface area contributed by atoms with Crippen LogP contribution in [-0.4, -0.2) is 21.7 Å². The van der Waals surface area contributed by atoms with Crippen LogP contribution >= 0.6 is 0 Å². The van der Waals surface area contributed by atoms with Crippen LogP contribution in [0.15, 0.2) is 30.5 Å². The highest BCUT2D eigenvalue weighted by molar-refractivity contribution is 5.89. The summed E-state index contributed by atoms with van der Waals surface area (Å²) < 4.78 is 14.7. The highest BCUT2D eigenvalue weighted by Gasteiger charge is 2.25. The Morgan fingerprint density at radius 2 is 2.25 bits per heavy atom. The molecule has 1 aromatic heterocycles. The number of nitrogens with one attached hydrogen (secondary N) is 2. The molecule has 0 saturated heterocycles. The lowest BCUT2D eigenvalue weighted by molar-refractivity contribution is -0.118. The second kappa shape index (κ2) is 6.69. The van der Waals surface area contributed by atoms with Crippen molar-refractivity contribution in [2.45, 2.75) is 31.8 Å². The maximum absolute atomic E-state index is 13.2.